The Morgan fingerprint density at radius 3 is 0.500 bits per heavy atom. The molecule has 54 heavy (non-hydrogen) atoms. The van der Waals surface area contributed by atoms with E-state index in [0.29, 0.717) is 64.6 Å². The highest BCUT2D eigenvalue weighted by molar-refractivity contribution is 7.79. The summed E-state index contributed by atoms with van der Waals surface area (Å²) in [4.78, 5) is 0. The van der Waals surface area contributed by atoms with Gasteiger partial charge in [-0.05, 0) is 146 Å². The minimum atomic E-state index is -4.13. The second-order valence-electron chi connectivity index (χ2n) is 11.0. The van der Waals surface area contributed by atoms with Crippen molar-refractivity contribution in [2.75, 3.05) is 0 Å². The Morgan fingerprint density at radius 1 is 0.241 bits per heavy atom. The molecule has 0 aromatic heterocycles. The van der Waals surface area contributed by atoms with Gasteiger partial charge < -0.3 is 27.1 Å². The van der Waals surface area contributed by atoms with Crippen LogP contribution in [-0.4, -0.2) is 0 Å². The van der Waals surface area contributed by atoms with Crippen molar-refractivity contribution >= 4 is 92.6 Å². The molecule has 0 amide bonds. The largest absolute Gasteiger partial charge is 0.460 e. The average Bonchev–Trinajstić information content (AvgIpc) is 3.14. The van der Waals surface area contributed by atoms with E-state index in [1.807, 2.05) is 0 Å². The Balaban J connectivity index is 1.56. The van der Waals surface area contributed by atoms with Crippen molar-refractivity contribution in [2.24, 2.45) is 13.5 Å². The van der Waals surface area contributed by atoms with Gasteiger partial charge in [-0.1, -0.05) is 83.2 Å². The van der Waals surface area contributed by atoms with Crippen LogP contribution in [0.25, 0.3) is 0 Å². The smallest absolute Gasteiger partial charge is 0.413 e. The zero-order valence-electron chi connectivity index (χ0n) is 27.3. The molecule has 0 aliphatic carbocycles. The number of nitrogens with zero attached hydrogens (tertiary/aromatic N) is 3. The highest BCUT2D eigenvalue weighted by Gasteiger charge is 2.49. The lowest BCUT2D eigenvalue weighted by atomic mass is 10.3. The Hall–Kier alpha value is -3.45. The number of hydrogen-bond donors (Lipinski definition) is 0. The lowest BCUT2D eigenvalue weighted by Crippen LogP contribution is -2.11. The van der Waals surface area contributed by atoms with E-state index >= 15 is 0 Å². The molecule has 1 heterocycles. The highest BCUT2D eigenvalue weighted by Crippen LogP contribution is 2.78. The van der Waals surface area contributed by atoms with Crippen molar-refractivity contribution in [1.29, 1.82) is 0 Å². The fraction of sp³-hybridized carbons (Fsp3) is 0. The van der Waals surface area contributed by atoms with Crippen molar-refractivity contribution in [2.45, 2.75) is 0 Å². The van der Waals surface area contributed by atoms with Crippen molar-refractivity contribution in [3.8, 4) is 34.5 Å². The number of rotatable bonds is 12. The van der Waals surface area contributed by atoms with Gasteiger partial charge in [-0.25, -0.2) is 0 Å². The van der Waals surface area contributed by atoms with Crippen LogP contribution < -0.4 is 27.1 Å². The normalized spacial score (nSPS) is 15.0. The topological polar surface area (TPSA) is 92.5 Å². The molecule has 0 bridgehead atoms. The molecule has 0 fully saturated rings. The lowest BCUT2D eigenvalue weighted by molar-refractivity contribution is 0.443. The lowest BCUT2D eigenvalue weighted by Gasteiger charge is -2.33. The summed E-state index contributed by atoms with van der Waals surface area (Å²) in [6.45, 7) is 0. The first-order valence-electron chi connectivity index (χ1n) is 15.6. The maximum Gasteiger partial charge on any atom is 0.460 e. The quantitative estimate of drug-likeness (QED) is 0.114. The fourth-order valence-corrected chi connectivity index (χ4v) is 14.4. The zero-order chi connectivity index (χ0) is 37.8. The Morgan fingerprint density at radius 2 is 0.370 bits per heavy atom. The monoisotopic (exact) mass is 897 g/mol. The van der Waals surface area contributed by atoms with Crippen LogP contribution in [0.3, 0.4) is 0 Å². The summed E-state index contributed by atoms with van der Waals surface area (Å²) in [5.74, 6) is 1.77. The van der Waals surface area contributed by atoms with E-state index < -0.39 is 23.0 Å². The van der Waals surface area contributed by atoms with Crippen LogP contribution >= 0.6 is 92.6 Å². The highest BCUT2D eigenvalue weighted by atomic mass is 35.5. The first kappa shape index (κ1) is 38.8. The fourth-order valence-electron chi connectivity index (χ4n) is 4.55. The van der Waals surface area contributed by atoms with E-state index in [-0.39, 0.29) is 0 Å². The molecule has 276 valence electrons. The van der Waals surface area contributed by atoms with Crippen LogP contribution in [0.15, 0.2) is 159 Å². The van der Waals surface area contributed by atoms with Gasteiger partial charge in [0.1, 0.15) is 34.5 Å². The summed E-state index contributed by atoms with van der Waals surface area (Å²) in [5.41, 5.74) is 0. The molecule has 0 N–H and O–H groups in total. The van der Waals surface area contributed by atoms with E-state index in [4.69, 9.17) is 110 Å². The molecular formula is C36H24Cl6N3O6P3. The summed E-state index contributed by atoms with van der Waals surface area (Å²) >= 11 is 37.6. The van der Waals surface area contributed by atoms with Gasteiger partial charge in [0.15, 0.2) is 0 Å². The Labute approximate surface area is 341 Å². The minimum absolute atomic E-state index is 0.295. The molecule has 0 radical (unpaired) electrons. The summed E-state index contributed by atoms with van der Waals surface area (Å²) in [6.07, 6.45) is 0. The molecule has 0 spiro atoms. The van der Waals surface area contributed by atoms with E-state index in [2.05, 4.69) is 0 Å². The van der Waals surface area contributed by atoms with Gasteiger partial charge in [-0.2, -0.15) is 0 Å². The standard InChI is InChI=1S/C36H24Cl6N3O6P3/c37-25-1-13-31(14-2-25)46-52(47-32-15-3-26(38)4-16-32)43-53(48-33-17-5-27(39)6-18-33,49-34-19-7-28(40)8-20-34)45-54(44-52,50-35-21-9-29(41)10-22-35)51-36-23-11-30(42)12-24-36/h1-24H. The third-order valence-corrected chi connectivity index (χ3v) is 16.5. The van der Waals surface area contributed by atoms with E-state index in [9.17, 15) is 0 Å². The van der Waals surface area contributed by atoms with Gasteiger partial charge in [-0.3, -0.25) is 0 Å². The summed E-state index contributed by atoms with van der Waals surface area (Å²) in [5, 5.41) is 2.83. The first-order chi connectivity index (χ1) is 26.0. The molecule has 0 atom stereocenters. The maximum absolute atomic E-state index is 6.73. The molecule has 1 aliphatic heterocycles. The minimum Gasteiger partial charge on any atom is -0.413 e. The number of hydrogen-bond acceptors (Lipinski definition) is 9. The van der Waals surface area contributed by atoms with Crippen molar-refractivity contribution in [3.05, 3.63) is 176 Å². The van der Waals surface area contributed by atoms with Gasteiger partial charge in [0, 0.05) is 30.1 Å². The molecule has 6 aromatic rings. The van der Waals surface area contributed by atoms with Crippen molar-refractivity contribution in [1.82, 2.24) is 0 Å². The summed E-state index contributed by atoms with van der Waals surface area (Å²) < 4.78 is 55.7. The average molecular weight is 900 g/mol. The van der Waals surface area contributed by atoms with Gasteiger partial charge in [0.05, 0.1) is 0 Å². The van der Waals surface area contributed by atoms with Gasteiger partial charge in [0.2, 0.25) is 0 Å². The number of halogens is 6. The van der Waals surface area contributed by atoms with Gasteiger partial charge in [0.25, 0.3) is 0 Å². The molecule has 0 unspecified atom stereocenters. The van der Waals surface area contributed by atoms with Gasteiger partial charge >= 0.3 is 23.0 Å². The van der Waals surface area contributed by atoms with Crippen LogP contribution in [0, 0.1) is 0 Å². The van der Waals surface area contributed by atoms with Crippen LogP contribution in [0.4, 0.5) is 0 Å². The molecule has 9 nitrogen and oxygen atoms in total. The predicted molar refractivity (Wildman–Crippen MR) is 221 cm³/mol. The van der Waals surface area contributed by atoms with Crippen LogP contribution in [0.5, 0.6) is 34.5 Å². The third-order valence-electron chi connectivity index (χ3n) is 6.91. The molecule has 0 saturated heterocycles. The van der Waals surface area contributed by atoms with Gasteiger partial charge in [-0.15, -0.1) is 0 Å². The molecule has 18 heteroatoms. The van der Waals surface area contributed by atoms with Crippen LogP contribution in [-0.2, 0) is 0 Å². The molecule has 1 aliphatic rings. The second-order valence-corrected chi connectivity index (χ2v) is 19.8. The Bertz CT molecular complexity index is 1980. The predicted octanol–water partition coefficient (Wildman–Crippen LogP) is 16.2. The van der Waals surface area contributed by atoms with E-state index in [1.54, 1.807) is 146 Å². The van der Waals surface area contributed by atoms with Crippen molar-refractivity contribution in [3.63, 3.8) is 0 Å². The molecule has 0 saturated carbocycles. The molecular weight excluding hydrogens is 876 g/mol. The summed E-state index contributed by atoms with van der Waals surface area (Å²) in [6, 6.07) is 39.5. The van der Waals surface area contributed by atoms with Crippen LogP contribution in [0.2, 0.25) is 30.1 Å². The molecule has 7 rings (SSSR count). The Kier molecular flexibility index (Phi) is 12.0. The van der Waals surface area contributed by atoms with E-state index in [1.165, 1.54) is 0 Å². The first-order valence-corrected chi connectivity index (χ1v) is 22.4. The third kappa shape index (κ3) is 10.0. The van der Waals surface area contributed by atoms with Crippen molar-refractivity contribution < 1.29 is 27.1 Å². The number of benzene rings is 6. The zero-order valence-corrected chi connectivity index (χ0v) is 34.5. The van der Waals surface area contributed by atoms with Crippen LogP contribution in [0.1, 0.15) is 0 Å². The maximum atomic E-state index is 6.73. The van der Waals surface area contributed by atoms with E-state index in [0.717, 1.165) is 0 Å². The molecule has 6 aromatic carbocycles. The summed E-state index contributed by atoms with van der Waals surface area (Å²) in [7, 11) is -12.4. The second kappa shape index (κ2) is 16.7. The SMILES string of the molecule is Clc1ccc(OP2(Oc3ccc(Cl)cc3)=NP(Oc3ccc(Cl)cc3)(Oc3ccc(Cl)cc3)=NP(Oc3ccc(Cl)cc3)(Oc3ccc(Cl)cc3)=N2)cc1.